The molecule has 0 saturated heterocycles. The second kappa shape index (κ2) is 3.67. The first-order valence-corrected chi connectivity index (χ1v) is 4.63. The van der Waals surface area contributed by atoms with E-state index in [1.807, 2.05) is 13.0 Å². The first-order valence-electron chi connectivity index (χ1n) is 4.22. The van der Waals surface area contributed by atoms with Gasteiger partial charge < -0.3 is 4.98 Å². The lowest BCUT2D eigenvalue weighted by Crippen LogP contribution is -1.88. The number of hydrogen-bond acceptors (Lipinski definition) is 3. The molecule has 4 heteroatoms. The Morgan fingerprint density at radius 1 is 1.21 bits per heavy atom. The zero-order valence-corrected chi connectivity index (χ0v) is 8.51. The van der Waals surface area contributed by atoms with Crippen molar-refractivity contribution in [2.75, 3.05) is 0 Å². The second-order valence-corrected chi connectivity index (χ2v) is 3.39. The van der Waals surface area contributed by atoms with Crippen molar-refractivity contribution in [2.24, 2.45) is 0 Å². The lowest BCUT2D eigenvalue weighted by Gasteiger charge is -2.03. The zero-order chi connectivity index (χ0) is 9.97. The molecule has 1 N–H and O–H groups in total. The molecule has 0 radical (unpaired) electrons. The van der Waals surface area contributed by atoms with Crippen molar-refractivity contribution in [1.82, 2.24) is 15.0 Å². The summed E-state index contributed by atoms with van der Waals surface area (Å²) >= 11 is 5.17. The molecular weight excluding hydrogens is 194 g/mol. The molecule has 0 unspecified atom stereocenters. The highest BCUT2D eigenvalue weighted by atomic mass is 32.1. The van der Waals surface area contributed by atoms with Gasteiger partial charge in [0, 0.05) is 29.7 Å². The first kappa shape index (κ1) is 9.02. The zero-order valence-electron chi connectivity index (χ0n) is 7.69. The summed E-state index contributed by atoms with van der Waals surface area (Å²) in [5.74, 6) is 0. The van der Waals surface area contributed by atoms with Crippen molar-refractivity contribution in [2.45, 2.75) is 6.92 Å². The van der Waals surface area contributed by atoms with Gasteiger partial charge in [0.1, 0.15) is 4.64 Å². The summed E-state index contributed by atoms with van der Waals surface area (Å²) in [7, 11) is 0. The minimum atomic E-state index is 0.691. The summed E-state index contributed by atoms with van der Waals surface area (Å²) in [6.07, 6.45) is 6.90. The molecule has 2 aromatic rings. The average Bonchev–Trinajstić information content (AvgIpc) is 2.20. The third kappa shape index (κ3) is 1.56. The third-order valence-electron chi connectivity index (χ3n) is 2.05. The number of rotatable bonds is 1. The summed E-state index contributed by atoms with van der Waals surface area (Å²) in [6.45, 7) is 2.03. The third-order valence-corrected chi connectivity index (χ3v) is 2.39. The summed E-state index contributed by atoms with van der Waals surface area (Å²) in [5, 5.41) is 0. The topological polar surface area (TPSA) is 41.6 Å². The van der Waals surface area contributed by atoms with Gasteiger partial charge in [0.15, 0.2) is 0 Å². The fraction of sp³-hybridized carbons (Fsp3) is 0.100. The van der Waals surface area contributed by atoms with Gasteiger partial charge in [-0.25, -0.2) is 4.98 Å². The van der Waals surface area contributed by atoms with Crippen LogP contribution in [0, 0.1) is 11.6 Å². The van der Waals surface area contributed by atoms with Gasteiger partial charge in [-0.3, -0.25) is 4.98 Å². The van der Waals surface area contributed by atoms with Crippen LogP contribution >= 0.6 is 12.2 Å². The maximum absolute atomic E-state index is 5.17. The van der Waals surface area contributed by atoms with E-state index in [9.17, 15) is 0 Å². The van der Waals surface area contributed by atoms with Gasteiger partial charge in [-0.15, -0.1) is 0 Å². The maximum Gasteiger partial charge on any atom is 0.113 e. The van der Waals surface area contributed by atoms with Gasteiger partial charge in [0.2, 0.25) is 0 Å². The van der Waals surface area contributed by atoms with Crippen LogP contribution in [-0.4, -0.2) is 15.0 Å². The molecular formula is C10H9N3S. The number of hydrogen-bond donors (Lipinski definition) is 1. The van der Waals surface area contributed by atoms with E-state index in [2.05, 4.69) is 15.0 Å². The van der Waals surface area contributed by atoms with Crippen LogP contribution < -0.4 is 0 Å². The van der Waals surface area contributed by atoms with Crippen LogP contribution in [0.5, 0.6) is 0 Å². The molecule has 0 aromatic carbocycles. The van der Waals surface area contributed by atoms with Gasteiger partial charge in [0.25, 0.3) is 0 Å². The highest BCUT2D eigenvalue weighted by Gasteiger charge is 2.02. The minimum Gasteiger partial charge on any atom is -0.337 e. The molecule has 0 saturated carbocycles. The fourth-order valence-electron chi connectivity index (χ4n) is 1.28. The number of aromatic nitrogens is 3. The Morgan fingerprint density at radius 3 is 2.71 bits per heavy atom. The molecule has 0 spiro atoms. The highest BCUT2D eigenvalue weighted by Crippen LogP contribution is 2.20. The van der Waals surface area contributed by atoms with Crippen molar-refractivity contribution in [3.05, 3.63) is 41.2 Å². The van der Waals surface area contributed by atoms with Crippen LogP contribution in [0.2, 0.25) is 0 Å². The molecule has 2 heterocycles. The highest BCUT2D eigenvalue weighted by molar-refractivity contribution is 7.71. The number of nitrogens with zero attached hydrogens (tertiary/aromatic N) is 2. The summed E-state index contributed by atoms with van der Waals surface area (Å²) in [6, 6.07) is 1.96. The summed E-state index contributed by atoms with van der Waals surface area (Å²) in [5.41, 5.74) is 3.10. The first-order chi connectivity index (χ1) is 6.79. The van der Waals surface area contributed by atoms with E-state index >= 15 is 0 Å². The Hall–Kier alpha value is -1.55. The molecule has 70 valence electrons. The largest absolute Gasteiger partial charge is 0.337 e. The van der Waals surface area contributed by atoms with Gasteiger partial charge in [-0.2, -0.15) is 0 Å². The number of aryl methyl sites for hydroxylation is 1. The molecule has 0 aliphatic carbocycles. The van der Waals surface area contributed by atoms with Crippen molar-refractivity contribution in [3.63, 3.8) is 0 Å². The van der Waals surface area contributed by atoms with Crippen LogP contribution in [0.3, 0.4) is 0 Å². The molecule has 2 rings (SSSR count). The van der Waals surface area contributed by atoms with Crippen LogP contribution in [0.4, 0.5) is 0 Å². The number of pyridine rings is 1. The molecule has 0 amide bonds. The lowest BCUT2D eigenvalue weighted by molar-refractivity contribution is 1.15. The molecule has 14 heavy (non-hydrogen) atoms. The monoisotopic (exact) mass is 203 g/mol. The standard InChI is InChI=1S/C10H9N3S/c1-7-2-3-11-4-8(7)9-5-12-6-13-10(9)14/h2-6H,1H3,(H,12,13,14). The Labute approximate surface area is 86.9 Å². The van der Waals surface area contributed by atoms with Crippen LogP contribution in [0.15, 0.2) is 31.0 Å². The smallest absolute Gasteiger partial charge is 0.113 e. The quantitative estimate of drug-likeness (QED) is 0.724. The van der Waals surface area contributed by atoms with E-state index in [4.69, 9.17) is 12.2 Å². The average molecular weight is 203 g/mol. The van der Waals surface area contributed by atoms with Crippen molar-refractivity contribution < 1.29 is 0 Å². The molecule has 2 aromatic heterocycles. The molecule has 0 fully saturated rings. The van der Waals surface area contributed by atoms with Crippen molar-refractivity contribution in [1.29, 1.82) is 0 Å². The SMILES string of the molecule is Cc1ccncc1-c1cnc[nH]c1=S. The molecule has 3 nitrogen and oxygen atoms in total. The number of nitrogens with one attached hydrogen (secondary N) is 1. The van der Waals surface area contributed by atoms with Gasteiger partial charge in [-0.05, 0) is 18.6 Å². The molecule has 0 bridgehead atoms. The Bertz CT molecular complexity index is 504. The van der Waals surface area contributed by atoms with Crippen molar-refractivity contribution >= 4 is 12.2 Å². The molecule has 0 atom stereocenters. The number of H-pyrrole nitrogens is 1. The van der Waals surface area contributed by atoms with Crippen LogP contribution in [0.1, 0.15) is 5.56 Å². The number of aromatic amines is 1. The predicted octanol–water partition coefficient (Wildman–Crippen LogP) is 2.51. The second-order valence-electron chi connectivity index (χ2n) is 2.99. The predicted molar refractivity (Wildman–Crippen MR) is 57.4 cm³/mol. The normalized spacial score (nSPS) is 10.1. The van der Waals surface area contributed by atoms with E-state index in [1.165, 1.54) is 0 Å². The minimum absolute atomic E-state index is 0.691. The Morgan fingerprint density at radius 2 is 2.00 bits per heavy atom. The lowest BCUT2D eigenvalue weighted by atomic mass is 10.1. The Balaban J connectivity index is 2.67. The van der Waals surface area contributed by atoms with Crippen molar-refractivity contribution in [3.8, 4) is 11.1 Å². The van der Waals surface area contributed by atoms with Gasteiger partial charge in [-0.1, -0.05) is 12.2 Å². The van der Waals surface area contributed by atoms with E-state index in [1.54, 1.807) is 24.9 Å². The van der Waals surface area contributed by atoms with E-state index in [0.717, 1.165) is 16.7 Å². The summed E-state index contributed by atoms with van der Waals surface area (Å²) in [4.78, 5) is 11.0. The van der Waals surface area contributed by atoms with E-state index in [0.29, 0.717) is 4.64 Å². The fourth-order valence-corrected chi connectivity index (χ4v) is 1.50. The molecule has 0 aliphatic heterocycles. The van der Waals surface area contributed by atoms with Crippen LogP contribution in [0.25, 0.3) is 11.1 Å². The van der Waals surface area contributed by atoms with Gasteiger partial charge >= 0.3 is 0 Å². The van der Waals surface area contributed by atoms with Crippen LogP contribution in [-0.2, 0) is 0 Å². The Kier molecular flexibility index (Phi) is 2.37. The van der Waals surface area contributed by atoms with E-state index < -0.39 is 0 Å². The molecule has 0 aliphatic rings. The van der Waals surface area contributed by atoms with Gasteiger partial charge in [0.05, 0.1) is 6.33 Å². The maximum atomic E-state index is 5.17. The summed E-state index contributed by atoms with van der Waals surface area (Å²) < 4.78 is 0.691. The van der Waals surface area contributed by atoms with E-state index in [-0.39, 0.29) is 0 Å².